The second-order valence-electron chi connectivity index (χ2n) is 3.31. The Bertz CT molecular complexity index is 386. The number of rotatable bonds is 5. The molecule has 3 N–H and O–H groups in total. The minimum atomic E-state index is -0.0518. The van der Waals surface area contributed by atoms with Crippen molar-refractivity contribution in [2.45, 2.75) is 25.8 Å². The van der Waals surface area contributed by atoms with Crippen molar-refractivity contribution in [3.8, 4) is 18.2 Å². The van der Waals surface area contributed by atoms with Crippen LogP contribution in [0.1, 0.15) is 19.8 Å². The molecule has 0 spiro atoms. The SMILES string of the molecule is C#CC(CCC)Nc1cc(OC)nc(N)n1. The van der Waals surface area contributed by atoms with Gasteiger partial charge in [0.2, 0.25) is 11.8 Å². The molecule has 1 rings (SSSR count). The molecule has 5 nitrogen and oxygen atoms in total. The second-order valence-corrected chi connectivity index (χ2v) is 3.31. The average Bonchev–Trinajstić information content (AvgIpc) is 2.27. The van der Waals surface area contributed by atoms with Crippen LogP contribution in [-0.2, 0) is 0 Å². The molecular formula is C11H16N4O. The summed E-state index contributed by atoms with van der Waals surface area (Å²) in [6.07, 6.45) is 7.27. The molecule has 0 aliphatic rings. The Balaban J connectivity index is 2.80. The first-order valence-corrected chi connectivity index (χ1v) is 5.10. The Hall–Kier alpha value is -1.96. The molecule has 0 aliphatic heterocycles. The lowest BCUT2D eigenvalue weighted by molar-refractivity contribution is 0.398. The first-order valence-electron chi connectivity index (χ1n) is 5.10. The number of nitrogen functional groups attached to an aromatic ring is 1. The van der Waals surface area contributed by atoms with Crippen molar-refractivity contribution < 1.29 is 4.74 Å². The van der Waals surface area contributed by atoms with E-state index in [1.54, 1.807) is 6.07 Å². The summed E-state index contributed by atoms with van der Waals surface area (Å²) >= 11 is 0. The van der Waals surface area contributed by atoms with E-state index in [9.17, 15) is 0 Å². The zero-order valence-electron chi connectivity index (χ0n) is 9.53. The van der Waals surface area contributed by atoms with Crippen molar-refractivity contribution >= 4 is 11.8 Å². The maximum absolute atomic E-state index is 5.53. The molecule has 1 unspecified atom stereocenters. The van der Waals surface area contributed by atoms with E-state index >= 15 is 0 Å². The second kappa shape index (κ2) is 5.81. The Labute approximate surface area is 95.4 Å². The predicted molar refractivity (Wildman–Crippen MR) is 64.1 cm³/mol. The molecule has 86 valence electrons. The number of terminal acetylenes is 1. The lowest BCUT2D eigenvalue weighted by atomic mass is 10.2. The summed E-state index contributed by atoms with van der Waals surface area (Å²) < 4.78 is 4.99. The standard InChI is InChI=1S/C11H16N4O/c1-4-6-8(5-2)13-9-7-10(16-3)15-11(12)14-9/h2,7-8H,4,6H2,1,3H3,(H3,12,13,14,15). The summed E-state index contributed by atoms with van der Waals surface area (Å²) in [5.74, 6) is 3.82. The van der Waals surface area contributed by atoms with E-state index in [-0.39, 0.29) is 12.0 Å². The van der Waals surface area contributed by atoms with Crippen molar-refractivity contribution in [3.63, 3.8) is 0 Å². The van der Waals surface area contributed by atoms with Gasteiger partial charge in [-0.2, -0.15) is 9.97 Å². The Morgan fingerprint density at radius 3 is 2.94 bits per heavy atom. The van der Waals surface area contributed by atoms with Gasteiger partial charge in [0, 0.05) is 6.07 Å². The minimum Gasteiger partial charge on any atom is -0.481 e. The van der Waals surface area contributed by atoms with Crippen LogP contribution in [0.3, 0.4) is 0 Å². The van der Waals surface area contributed by atoms with Gasteiger partial charge in [0.1, 0.15) is 5.82 Å². The molecule has 0 radical (unpaired) electrons. The molecule has 0 saturated carbocycles. The van der Waals surface area contributed by atoms with E-state index in [4.69, 9.17) is 16.9 Å². The summed E-state index contributed by atoms with van der Waals surface area (Å²) in [6, 6.07) is 1.61. The fraction of sp³-hybridized carbons (Fsp3) is 0.455. The first kappa shape index (κ1) is 12.1. The fourth-order valence-corrected chi connectivity index (χ4v) is 1.29. The molecule has 0 fully saturated rings. The van der Waals surface area contributed by atoms with Crippen molar-refractivity contribution in [2.24, 2.45) is 0 Å². The Kier molecular flexibility index (Phi) is 4.40. The average molecular weight is 220 g/mol. The zero-order chi connectivity index (χ0) is 12.0. The van der Waals surface area contributed by atoms with Gasteiger partial charge in [-0.15, -0.1) is 6.42 Å². The van der Waals surface area contributed by atoms with Gasteiger partial charge in [-0.1, -0.05) is 19.3 Å². The van der Waals surface area contributed by atoms with Gasteiger partial charge in [0.05, 0.1) is 13.2 Å². The smallest absolute Gasteiger partial charge is 0.225 e. The number of nitrogens with two attached hydrogens (primary N) is 1. The van der Waals surface area contributed by atoms with E-state index in [0.717, 1.165) is 12.8 Å². The van der Waals surface area contributed by atoms with Crippen molar-refractivity contribution in [1.82, 2.24) is 9.97 Å². The first-order chi connectivity index (χ1) is 7.69. The summed E-state index contributed by atoms with van der Waals surface area (Å²) in [7, 11) is 1.52. The minimum absolute atomic E-state index is 0.0518. The fourth-order valence-electron chi connectivity index (χ4n) is 1.29. The van der Waals surface area contributed by atoms with Crippen LogP contribution in [-0.4, -0.2) is 23.1 Å². The topological polar surface area (TPSA) is 73.1 Å². The van der Waals surface area contributed by atoms with E-state index in [1.807, 2.05) is 0 Å². The molecule has 16 heavy (non-hydrogen) atoms. The molecular weight excluding hydrogens is 204 g/mol. The van der Waals surface area contributed by atoms with Crippen molar-refractivity contribution in [2.75, 3.05) is 18.2 Å². The van der Waals surface area contributed by atoms with Crippen molar-refractivity contribution in [3.05, 3.63) is 6.07 Å². The molecule has 1 aromatic rings. The van der Waals surface area contributed by atoms with Gasteiger partial charge < -0.3 is 15.8 Å². The van der Waals surface area contributed by atoms with E-state index in [0.29, 0.717) is 11.7 Å². The molecule has 1 heterocycles. The largest absolute Gasteiger partial charge is 0.481 e. The number of methoxy groups -OCH3 is 1. The number of anilines is 2. The van der Waals surface area contributed by atoms with E-state index in [1.165, 1.54) is 7.11 Å². The van der Waals surface area contributed by atoms with Gasteiger partial charge in [0.25, 0.3) is 0 Å². The number of hydrogen-bond donors (Lipinski definition) is 2. The predicted octanol–water partition coefficient (Wildman–Crippen LogP) is 1.28. The van der Waals surface area contributed by atoms with Crippen LogP contribution in [0.5, 0.6) is 5.88 Å². The third-order valence-electron chi connectivity index (χ3n) is 2.03. The monoisotopic (exact) mass is 220 g/mol. The van der Waals surface area contributed by atoms with E-state index < -0.39 is 0 Å². The number of ether oxygens (including phenoxy) is 1. The Morgan fingerprint density at radius 2 is 2.38 bits per heavy atom. The normalized spacial score (nSPS) is 11.6. The van der Waals surface area contributed by atoms with Crippen LogP contribution in [0.2, 0.25) is 0 Å². The van der Waals surface area contributed by atoms with Crippen molar-refractivity contribution in [1.29, 1.82) is 0 Å². The summed E-state index contributed by atoms with van der Waals surface area (Å²) in [6.45, 7) is 2.07. The number of aromatic nitrogens is 2. The number of nitrogens with zero attached hydrogens (tertiary/aromatic N) is 2. The van der Waals surface area contributed by atoms with Crippen LogP contribution in [0, 0.1) is 12.3 Å². The molecule has 0 saturated heterocycles. The molecule has 0 bridgehead atoms. The number of hydrogen-bond acceptors (Lipinski definition) is 5. The molecule has 1 aromatic heterocycles. The van der Waals surface area contributed by atoms with Crippen LogP contribution < -0.4 is 15.8 Å². The van der Waals surface area contributed by atoms with Crippen LogP contribution in [0.15, 0.2) is 6.07 Å². The summed E-state index contributed by atoms with van der Waals surface area (Å²) in [5.41, 5.74) is 5.53. The highest BCUT2D eigenvalue weighted by atomic mass is 16.5. The van der Waals surface area contributed by atoms with Gasteiger partial charge in [-0.25, -0.2) is 0 Å². The molecule has 5 heteroatoms. The molecule has 0 amide bonds. The molecule has 0 aliphatic carbocycles. The maximum atomic E-state index is 5.53. The lowest BCUT2D eigenvalue weighted by Gasteiger charge is -2.13. The van der Waals surface area contributed by atoms with Gasteiger partial charge in [-0.05, 0) is 6.42 Å². The maximum Gasteiger partial charge on any atom is 0.225 e. The third-order valence-corrected chi connectivity index (χ3v) is 2.03. The molecule has 0 aromatic carbocycles. The third kappa shape index (κ3) is 3.31. The summed E-state index contributed by atoms with van der Waals surface area (Å²) in [5, 5.41) is 3.10. The quantitative estimate of drug-likeness (QED) is 0.731. The highest BCUT2D eigenvalue weighted by molar-refractivity contribution is 5.44. The van der Waals surface area contributed by atoms with Crippen LogP contribution in [0.4, 0.5) is 11.8 Å². The van der Waals surface area contributed by atoms with Crippen LogP contribution in [0.25, 0.3) is 0 Å². The number of nitrogens with one attached hydrogen (secondary N) is 1. The van der Waals surface area contributed by atoms with Crippen LogP contribution >= 0.6 is 0 Å². The highest BCUT2D eigenvalue weighted by Gasteiger charge is 2.07. The van der Waals surface area contributed by atoms with E-state index in [2.05, 4.69) is 28.1 Å². The van der Waals surface area contributed by atoms with Gasteiger partial charge in [0.15, 0.2) is 0 Å². The lowest BCUT2D eigenvalue weighted by Crippen LogP contribution is -2.18. The Morgan fingerprint density at radius 1 is 1.62 bits per heavy atom. The molecule has 1 atom stereocenters. The highest BCUT2D eigenvalue weighted by Crippen LogP contribution is 2.15. The zero-order valence-corrected chi connectivity index (χ0v) is 9.53. The summed E-state index contributed by atoms with van der Waals surface area (Å²) in [4.78, 5) is 7.92. The van der Waals surface area contributed by atoms with Gasteiger partial charge >= 0.3 is 0 Å². The van der Waals surface area contributed by atoms with Gasteiger partial charge in [-0.3, -0.25) is 0 Å².